The van der Waals surface area contributed by atoms with Crippen LogP contribution in [0.1, 0.15) is 37.7 Å². The Hall–Kier alpha value is -1.59. The van der Waals surface area contributed by atoms with Crippen LogP contribution in [0.15, 0.2) is 24.3 Å². The maximum absolute atomic E-state index is 12.4. The van der Waals surface area contributed by atoms with Crippen LogP contribution in [-0.2, 0) is 16.1 Å². The molecule has 0 unspecified atom stereocenters. The number of hydrogen-bond acceptors (Lipinski definition) is 4. The lowest BCUT2D eigenvalue weighted by Gasteiger charge is -2.32. The number of para-hydroxylation sites is 1. The van der Waals surface area contributed by atoms with Crippen LogP contribution in [0.2, 0.25) is 0 Å². The van der Waals surface area contributed by atoms with Crippen LogP contribution in [0.3, 0.4) is 0 Å². The molecule has 22 heavy (non-hydrogen) atoms. The summed E-state index contributed by atoms with van der Waals surface area (Å²) in [5, 5.41) is 2.96. The van der Waals surface area contributed by atoms with E-state index < -0.39 is 5.54 Å². The number of amides is 1. The van der Waals surface area contributed by atoms with Crippen LogP contribution >= 0.6 is 0 Å². The highest BCUT2D eigenvalue weighted by Crippen LogP contribution is 2.27. The highest BCUT2D eigenvalue weighted by molar-refractivity contribution is 5.86. The molecule has 1 aromatic carbocycles. The highest BCUT2D eigenvalue weighted by Gasteiger charge is 2.35. The number of ether oxygens (including phenoxy) is 2. The monoisotopic (exact) mass is 304 g/mol. The Morgan fingerprint density at radius 3 is 2.73 bits per heavy atom. The van der Waals surface area contributed by atoms with Gasteiger partial charge in [-0.25, -0.2) is 0 Å². The first-order valence-corrected chi connectivity index (χ1v) is 8.07. The molecule has 1 saturated heterocycles. The summed E-state index contributed by atoms with van der Waals surface area (Å²) in [7, 11) is 0. The number of carbonyl (C=O) groups excluding carboxylic acids is 1. The zero-order chi connectivity index (χ0) is 15.4. The molecule has 3 rings (SSSR count). The second-order valence-corrected chi connectivity index (χ2v) is 6.23. The van der Waals surface area contributed by atoms with Crippen molar-refractivity contribution in [3.05, 3.63) is 29.8 Å². The molecule has 1 aliphatic heterocycles. The minimum Gasteiger partial charge on any atom is -0.490 e. The lowest BCUT2D eigenvalue weighted by Crippen LogP contribution is -2.56. The number of rotatable bonds is 5. The third kappa shape index (κ3) is 3.42. The van der Waals surface area contributed by atoms with Crippen molar-refractivity contribution in [3.8, 4) is 5.75 Å². The van der Waals surface area contributed by atoms with Crippen molar-refractivity contribution in [2.24, 2.45) is 5.73 Å². The van der Waals surface area contributed by atoms with Gasteiger partial charge in [0, 0.05) is 25.3 Å². The number of hydrogen-bond donors (Lipinski definition) is 2. The highest BCUT2D eigenvalue weighted by atomic mass is 16.5. The third-order valence-electron chi connectivity index (χ3n) is 4.60. The quantitative estimate of drug-likeness (QED) is 0.869. The van der Waals surface area contributed by atoms with Gasteiger partial charge in [0.1, 0.15) is 5.75 Å². The van der Waals surface area contributed by atoms with Crippen molar-refractivity contribution in [3.63, 3.8) is 0 Å². The van der Waals surface area contributed by atoms with E-state index in [9.17, 15) is 4.79 Å². The molecule has 0 spiro atoms. The molecule has 5 heteroatoms. The molecular weight excluding hydrogens is 280 g/mol. The topological polar surface area (TPSA) is 73.6 Å². The summed E-state index contributed by atoms with van der Waals surface area (Å²) >= 11 is 0. The van der Waals surface area contributed by atoms with Gasteiger partial charge in [-0.3, -0.25) is 4.79 Å². The predicted molar refractivity (Wildman–Crippen MR) is 83.5 cm³/mol. The average Bonchev–Trinajstić information content (AvgIpc) is 2.50. The molecule has 0 radical (unpaired) electrons. The van der Waals surface area contributed by atoms with Crippen LogP contribution in [0, 0.1) is 0 Å². The van der Waals surface area contributed by atoms with Crippen molar-refractivity contribution in [1.29, 1.82) is 0 Å². The molecule has 5 nitrogen and oxygen atoms in total. The van der Waals surface area contributed by atoms with E-state index in [0.717, 1.165) is 24.2 Å². The summed E-state index contributed by atoms with van der Waals surface area (Å²) in [4.78, 5) is 12.4. The van der Waals surface area contributed by atoms with E-state index in [2.05, 4.69) is 5.32 Å². The normalized spacial score (nSPS) is 21.0. The summed E-state index contributed by atoms with van der Waals surface area (Å²) in [6.45, 7) is 1.54. The largest absolute Gasteiger partial charge is 0.490 e. The molecule has 1 amide bonds. The molecule has 2 aliphatic rings. The minimum absolute atomic E-state index is 0.103. The lowest BCUT2D eigenvalue weighted by atomic mass is 9.90. The first kappa shape index (κ1) is 15.3. The van der Waals surface area contributed by atoms with Gasteiger partial charge in [0.2, 0.25) is 5.91 Å². The zero-order valence-corrected chi connectivity index (χ0v) is 12.8. The van der Waals surface area contributed by atoms with E-state index in [4.69, 9.17) is 15.2 Å². The molecule has 2 fully saturated rings. The number of benzene rings is 1. The number of nitrogens with one attached hydrogen (secondary N) is 1. The van der Waals surface area contributed by atoms with Gasteiger partial charge in [-0.1, -0.05) is 18.2 Å². The van der Waals surface area contributed by atoms with Gasteiger partial charge in [0.25, 0.3) is 0 Å². The van der Waals surface area contributed by atoms with Crippen LogP contribution in [0.25, 0.3) is 0 Å². The summed E-state index contributed by atoms with van der Waals surface area (Å²) < 4.78 is 11.3. The van der Waals surface area contributed by atoms with E-state index in [-0.39, 0.29) is 5.91 Å². The van der Waals surface area contributed by atoms with Gasteiger partial charge in [-0.15, -0.1) is 0 Å². The minimum atomic E-state index is -0.804. The van der Waals surface area contributed by atoms with Crippen LogP contribution < -0.4 is 15.8 Å². The summed E-state index contributed by atoms with van der Waals surface area (Å²) in [6.07, 6.45) is 4.94. The predicted octanol–water partition coefficient (Wildman–Crippen LogP) is 1.74. The first-order valence-electron chi connectivity index (χ1n) is 8.07. The molecule has 1 aliphatic carbocycles. The van der Waals surface area contributed by atoms with Gasteiger partial charge in [-0.2, -0.15) is 0 Å². The van der Waals surface area contributed by atoms with E-state index in [1.54, 1.807) is 0 Å². The Balaban J connectivity index is 1.59. The fourth-order valence-corrected chi connectivity index (χ4v) is 2.75. The molecule has 0 bridgehead atoms. The Morgan fingerprint density at radius 1 is 1.32 bits per heavy atom. The van der Waals surface area contributed by atoms with E-state index >= 15 is 0 Å². The van der Waals surface area contributed by atoms with Crippen molar-refractivity contribution < 1.29 is 14.3 Å². The fraction of sp³-hybridized carbons (Fsp3) is 0.588. The Bertz CT molecular complexity index is 522. The van der Waals surface area contributed by atoms with Crippen LogP contribution in [0.4, 0.5) is 0 Å². The third-order valence-corrected chi connectivity index (χ3v) is 4.60. The van der Waals surface area contributed by atoms with Crippen molar-refractivity contribution >= 4 is 5.91 Å². The molecule has 0 atom stereocenters. The summed E-state index contributed by atoms with van der Waals surface area (Å²) in [6, 6.07) is 7.87. The molecule has 120 valence electrons. The maximum Gasteiger partial charge on any atom is 0.240 e. The van der Waals surface area contributed by atoms with E-state index in [1.807, 2.05) is 24.3 Å². The number of nitrogens with two attached hydrogens (primary N) is 1. The maximum atomic E-state index is 12.4. The molecule has 0 aromatic heterocycles. The summed E-state index contributed by atoms with van der Waals surface area (Å²) in [5.41, 5.74) is 6.39. The standard InChI is InChI=1S/C17H24N2O3/c18-17(8-10-21-11-9-17)16(20)19-12-13-4-1-2-7-15(13)22-14-5-3-6-14/h1-2,4,7,14H,3,5-6,8-12,18H2,(H,19,20). The first-order chi connectivity index (χ1) is 10.7. The van der Waals surface area contributed by atoms with Gasteiger partial charge in [0.05, 0.1) is 11.6 Å². The second-order valence-electron chi connectivity index (χ2n) is 6.23. The van der Waals surface area contributed by atoms with Gasteiger partial charge in [0.15, 0.2) is 0 Å². The van der Waals surface area contributed by atoms with Gasteiger partial charge < -0.3 is 20.5 Å². The zero-order valence-electron chi connectivity index (χ0n) is 12.8. The van der Waals surface area contributed by atoms with Crippen molar-refractivity contribution in [2.75, 3.05) is 13.2 Å². The Kier molecular flexibility index (Phi) is 4.64. The lowest BCUT2D eigenvalue weighted by molar-refractivity contribution is -0.129. The van der Waals surface area contributed by atoms with Crippen molar-refractivity contribution in [2.45, 2.75) is 50.3 Å². The fourth-order valence-electron chi connectivity index (χ4n) is 2.75. The van der Waals surface area contributed by atoms with Crippen molar-refractivity contribution in [1.82, 2.24) is 5.32 Å². The second kappa shape index (κ2) is 6.67. The Morgan fingerprint density at radius 2 is 2.05 bits per heavy atom. The van der Waals surface area contributed by atoms with Crippen LogP contribution in [0.5, 0.6) is 5.75 Å². The van der Waals surface area contributed by atoms with Crippen LogP contribution in [-0.4, -0.2) is 30.8 Å². The molecular formula is C17H24N2O3. The molecule has 3 N–H and O–H groups in total. The van der Waals surface area contributed by atoms with E-state index in [0.29, 0.717) is 38.7 Å². The van der Waals surface area contributed by atoms with E-state index in [1.165, 1.54) is 6.42 Å². The molecule has 1 saturated carbocycles. The number of carbonyl (C=O) groups is 1. The molecule has 1 heterocycles. The Labute approximate surface area is 131 Å². The average molecular weight is 304 g/mol. The molecule has 1 aromatic rings. The van der Waals surface area contributed by atoms with Gasteiger partial charge >= 0.3 is 0 Å². The SMILES string of the molecule is NC1(C(=O)NCc2ccccc2OC2CCC2)CCOCC1. The summed E-state index contributed by atoms with van der Waals surface area (Å²) in [5.74, 6) is 0.764. The smallest absolute Gasteiger partial charge is 0.240 e. The van der Waals surface area contributed by atoms with Gasteiger partial charge in [-0.05, 0) is 38.2 Å².